The van der Waals surface area contributed by atoms with Gasteiger partial charge in [0.1, 0.15) is 0 Å². The monoisotopic (exact) mass is 234 g/mol. The van der Waals surface area contributed by atoms with Crippen molar-refractivity contribution < 1.29 is 10.2 Å². The minimum absolute atomic E-state index is 0.0900. The summed E-state index contributed by atoms with van der Waals surface area (Å²) in [7, 11) is 0. The van der Waals surface area contributed by atoms with E-state index in [0.29, 0.717) is 6.42 Å². The van der Waals surface area contributed by atoms with Gasteiger partial charge in [0.2, 0.25) is 0 Å². The Kier molecular flexibility index (Phi) is 4.91. The third-order valence-corrected chi connectivity index (χ3v) is 3.05. The fraction of sp³-hybridized carbons (Fsp3) is 0.467. The van der Waals surface area contributed by atoms with Gasteiger partial charge in [0.25, 0.3) is 0 Å². The molecule has 0 aromatic heterocycles. The van der Waals surface area contributed by atoms with E-state index < -0.39 is 5.60 Å². The van der Waals surface area contributed by atoms with E-state index in [1.165, 1.54) is 5.56 Å². The number of aliphatic hydroxyl groups excluding tert-OH is 1. The van der Waals surface area contributed by atoms with Crippen molar-refractivity contribution in [1.82, 2.24) is 0 Å². The zero-order valence-corrected chi connectivity index (χ0v) is 10.9. The van der Waals surface area contributed by atoms with Crippen LogP contribution in [-0.4, -0.2) is 16.8 Å². The molecule has 0 saturated heterocycles. The summed E-state index contributed by atoms with van der Waals surface area (Å²) in [5.74, 6) is 0. The highest BCUT2D eigenvalue weighted by Gasteiger charge is 2.21. The first-order valence-electron chi connectivity index (χ1n) is 6.02. The van der Waals surface area contributed by atoms with Crippen molar-refractivity contribution in [1.29, 1.82) is 0 Å². The Labute approximate surface area is 104 Å². The highest BCUT2D eigenvalue weighted by Crippen LogP contribution is 2.26. The fourth-order valence-electron chi connectivity index (χ4n) is 1.72. The highest BCUT2D eigenvalue weighted by molar-refractivity contribution is 5.26. The molecule has 0 aliphatic carbocycles. The van der Waals surface area contributed by atoms with E-state index in [1.807, 2.05) is 51.1 Å². The number of hydrogen-bond acceptors (Lipinski definition) is 2. The van der Waals surface area contributed by atoms with Crippen LogP contribution in [0.3, 0.4) is 0 Å². The van der Waals surface area contributed by atoms with Crippen molar-refractivity contribution in [2.45, 2.75) is 39.2 Å². The van der Waals surface area contributed by atoms with Crippen LogP contribution in [0.15, 0.2) is 35.9 Å². The maximum Gasteiger partial charge on any atom is 0.0871 e. The zero-order valence-electron chi connectivity index (χ0n) is 10.9. The van der Waals surface area contributed by atoms with Crippen molar-refractivity contribution >= 4 is 0 Å². The summed E-state index contributed by atoms with van der Waals surface area (Å²) in [5, 5.41) is 19.3. The zero-order chi connectivity index (χ0) is 12.9. The SMILES string of the molecule is CC(=CCC[C@](C)(O)c1ccc(C)cc1)CO. The lowest BCUT2D eigenvalue weighted by molar-refractivity contribution is 0.0487. The Balaban J connectivity index is 2.65. The van der Waals surface area contributed by atoms with Gasteiger partial charge in [-0.25, -0.2) is 0 Å². The Hall–Kier alpha value is -1.12. The summed E-state index contributed by atoms with van der Waals surface area (Å²) >= 11 is 0. The van der Waals surface area contributed by atoms with Crippen molar-refractivity contribution in [3.63, 3.8) is 0 Å². The number of rotatable bonds is 5. The Morgan fingerprint density at radius 3 is 2.41 bits per heavy atom. The van der Waals surface area contributed by atoms with Gasteiger partial charge < -0.3 is 10.2 Å². The maximum absolute atomic E-state index is 10.4. The van der Waals surface area contributed by atoms with E-state index in [4.69, 9.17) is 5.11 Å². The minimum atomic E-state index is -0.806. The third-order valence-electron chi connectivity index (χ3n) is 3.05. The van der Waals surface area contributed by atoms with Crippen LogP contribution in [0.2, 0.25) is 0 Å². The quantitative estimate of drug-likeness (QED) is 0.769. The summed E-state index contributed by atoms with van der Waals surface area (Å²) in [4.78, 5) is 0. The first-order valence-corrected chi connectivity index (χ1v) is 6.02. The maximum atomic E-state index is 10.4. The predicted molar refractivity (Wildman–Crippen MR) is 70.8 cm³/mol. The lowest BCUT2D eigenvalue weighted by Crippen LogP contribution is -2.20. The van der Waals surface area contributed by atoms with Gasteiger partial charge in [0.15, 0.2) is 0 Å². The summed E-state index contributed by atoms with van der Waals surface area (Å²) < 4.78 is 0. The van der Waals surface area contributed by atoms with Gasteiger partial charge in [-0.2, -0.15) is 0 Å². The van der Waals surface area contributed by atoms with Crippen LogP contribution in [-0.2, 0) is 5.60 Å². The van der Waals surface area contributed by atoms with Gasteiger partial charge in [0, 0.05) is 0 Å². The van der Waals surface area contributed by atoms with Crippen LogP contribution in [0, 0.1) is 6.92 Å². The number of aliphatic hydroxyl groups is 2. The van der Waals surface area contributed by atoms with Crippen molar-refractivity contribution in [2.24, 2.45) is 0 Å². The number of allylic oxidation sites excluding steroid dienone is 1. The van der Waals surface area contributed by atoms with E-state index in [9.17, 15) is 5.11 Å². The molecule has 0 bridgehead atoms. The lowest BCUT2D eigenvalue weighted by atomic mass is 9.90. The van der Waals surface area contributed by atoms with E-state index in [-0.39, 0.29) is 6.61 Å². The van der Waals surface area contributed by atoms with E-state index in [2.05, 4.69) is 0 Å². The molecule has 0 aliphatic rings. The van der Waals surface area contributed by atoms with Crippen LogP contribution >= 0.6 is 0 Å². The first kappa shape index (κ1) is 13.9. The molecule has 0 spiro atoms. The topological polar surface area (TPSA) is 40.5 Å². The molecular weight excluding hydrogens is 212 g/mol. The first-order chi connectivity index (χ1) is 7.95. The van der Waals surface area contributed by atoms with Crippen LogP contribution < -0.4 is 0 Å². The molecule has 0 aliphatic heterocycles. The Morgan fingerprint density at radius 2 is 1.88 bits per heavy atom. The van der Waals surface area contributed by atoms with Gasteiger partial charge in [-0.05, 0) is 39.2 Å². The van der Waals surface area contributed by atoms with E-state index >= 15 is 0 Å². The molecule has 94 valence electrons. The highest BCUT2D eigenvalue weighted by atomic mass is 16.3. The van der Waals surface area contributed by atoms with Crippen molar-refractivity contribution in [2.75, 3.05) is 6.61 Å². The van der Waals surface area contributed by atoms with Gasteiger partial charge in [0.05, 0.1) is 12.2 Å². The van der Waals surface area contributed by atoms with Gasteiger partial charge in [-0.15, -0.1) is 0 Å². The van der Waals surface area contributed by atoms with Crippen LogP contribution in [0.5, 0.6) is 0 Å². The second kappa shape index (κ2) is 5.99. The van der Waals surface area contributed by atoms with Gasteiger partial charge in [-0.3, -0.25) is 0 Å². The molecular formula is C15H22O2. The largest absolute Gasteiger partial charge is 0.392 e. The number of benzene rings is 1. The molecule has 0 radical (unpaired) electrons. The standard InChI is InChI=1S/C15H22O2/c1-12-6-8-14(9-7-12)15(3,17)10-4-5-13(2)11-16/h5-9,16-17H,4,10-11H2,1-3H3/t15-/m0/s1. The third kappa shape index (κ3) is 4.33. The Bertz CT molecular complexity index is 374. The average Bonchev–Trinajstić information content (AvgIpc) is 2.29. The summed E-state index contributed by atoms with van der Waals surface area (Å²) in [6.07, 6.45) is 3.41. The summed E-state index contributed by atoms with van der Waals surface area (Å²) in [6.45, 7) is 5.85. The van der Waals surface area contributed by atoms with Crippen molar-refractivity contribution in [3.8, 4) is 0 Å². The van der Waals surface area contributed by atoms with E-state index in [0.717, 1.165) is 17.6 Å². The molecule has 1 aromatic carbocycles. The summed E-state index contributed by atoms with van der Waals surface area (Å²) in [6, 6.07) is 7.97. The molecule has 2 N–H and O–H groups in total. The van der Waals surface area contributed by atoms with Crippen LogP contribution in [0.4, 0.5) is 0 Å². The number of aryl methyl sites for hydroxylation is 1. The second-order valence-electron chi connectivity index (χ2n) is 4.89. The molecule has 0 heterocycles. The molecule has 1 rings (SSSR count). The molecule has 0 unspecified atom stereocenters. The second-order valence-corrected chi connectivity index (χ2v) is 4.89. The Morgan fingerprint density at radius 1 is 1.29 bits per heavy atom. The van der Waals surface area contributed by atoms with Crippen LogP contribution in [0.1, 0.15) is 37.8 Å². The lowest BCUT2D eigenvalue weighted by Gasteiger charge is -2.23. The fourth-order valence-corrected chi connectivity index (χ4v) is 1.72. The summed E-state index contributed by atoms with van der Waals surface area (Å²) in [5.41, 5.74) is 2.28. The smallest absolute Gasteiger partial charge is 0.0871 e. The molecule has 0 fully saturated rings. The number of hydrogen-bond donors (Lipinski definition) is 2. The molecule has 1 aromatic rings. The van der Waals surface area contributed by atoms with Gasteiger partial charge >= 0.3 is 0 Å². The van der Waals surface area contributed by atoms with Crippen LogP contribution in [0.25, 0.3) is 0 Å². The molecule has 2 heteroatoms. The molecule has 2 nitrogen and oxygen atoms in total. The minimum Gasteiger partial charge on any atom is -0.392 e. The molecule has 17 heavy (non-hydrogen) atoms. The molecule has 0 amide bonds. The predicted octanol–water partition coefficient (Wildman–Crippen LogP) is 2.92. The van der Waals surface area contributed by atoms with E-state index in [1.54, 1.807) is 0 Å². The normalized spacial score (nSPS) is 15.7. The average molecular weight is 234 g/mol. The molecule has 0 saturated carbocycles. The molecule has 1 atom stereocenters. The van der Waals surface area contributed by atoms with Crippen molar-refractivity contribution in [3.05, 3.63) is 47.0 Å². The van der Waals surface area contributed by atoms with Gasteiger partial charge in [-0.1, -0.05) is 41.5 Å².